The summed E-state index contributed by atoms with van der Waals surface area (Å²) in [5, 5.41) is 5.25. The van der Waals surface area contributed by atoms with Gasteiger partial charge in [-0.05, 0) is 50.0 Å². The van der Waals surface area contributed by atoms with Gasteiger partial charge < -0.3 is 20.1 Å². The number of carbonyl (C=O) groups excluding carboxylic acids is 4. The Labute approximate surface area is 180 Å². The van der Waals surface area contributed by atoms with Crippen LogP contribution in [0.2, 0.25) is 0 Å². The quantitative estimate of drug-likeness (QED) is 0.516. The number of hydrogen-bond acceptors (Lipinski definition) is 6. The molecule has 0 radical (unpaired) electrons. The molecule has 172 valence electrons. The molecule has 8 nitrogen and oxygen atoms in total. The summed E-state index contributed by atoms with van der Waals surface area (Å²) in [6.45, 7) is 2.82. The average Bonchev–Trinajstić information content (AvgIpc) is 2.76. The number of allylic oxidation sites excluding steroid dienone is 1. The number of ether oxygens (including phenoxy) is 2. The minimum atomic E-state index is -0.451. The van der Waals surface area contributed by atoms with Crippen LogP contribution in [0.3, 0.4) is 0 Å². The maximum atomic E-state index is 11.5. The molecule has 1 unspecified atom stereocenters. The fraction of sp³-hybridized carbons (Fsp3) is 0.727. The first-order valence-electron chi connectivity index (χ1n) is 10.7. The Hall–Kier alpha value is -2.38. The van der Waals surface area contributed by atoms with Crippen LogP contribution in [0.25, 0.3) is 0 Å². The molecule has 2 saturated carbocycles. The smallest absolute Gasteiger partial charge is 0.354 e. The van der Waals surface area contributed by atoms with E-state index in [0.29, 0.717) is 5.70 Å². The Bertz CT molecular complexity index is 636. The third kappa shape index (κ3) is 8.97. The highest BCUT2D eigenvalue weighted by Crippen LogP contribution is 2.27. The second kappa shape index (κ2) is 13.8. The minimum absolute atomic E-state index is 0. The first kappa shape index (κ1) is 25.7. The molecular formula is C22H38N2O6. The maximum absolute atomic E-state index is 11.5. The number of rotatable bonds is 5. The molecule has 30 heavy (non-hydrogen) atoms. The largest absolute Gasteiger partial charge is 0.467 e. The Morgan fingerprint density at radius 2 is 1.43 bits per heavy atom. The van der Waals surface area contributed by atoms with Crippen molar-refractivity contribution in [2.24, 2.45) is 5.92 Å². The number of esters is 2. The first-order chi connectivity index (χ1) is 14.3. The number of hydrogen-bond donors (Lipinski definition) is 2. The lowest BCUT2D eigenvalue weighted by molar-refractivity contribution is -0.147. The summed E-state index contributed by atoms with van der Waals surface area (Å²) >= 11 is 0. The molecule has 2 fully saturated rings. The molecular weight excluding hydrogens is 388 g/mol. The Morgan fingerprint density at radius 1 is 0.867 bits per heavy atom. The molecule has 0 aromatic heterocycles. The molecule has 0 bridgehead atoms. The lowest BCUT2D eigenvalue weighted by atomic mass is 9.84. The molecule has 2 aliphatic rings. The van der Waals surface area contributed by atoms with E-state index in [2.05, 4.69) is 15.4 Å². The van der Waals surface area contributed by atoms with Crippen LogP contribution in [0.1, 0.15) is 79.5 Å². The van der Waals surface area contributed by atoms with E-state index >= 15 is 0 Å². The van der Waals surface area contributed by atoms with Crippen LogP contribution in [0.5, 0.6) is 0 Å². The van der Waals surface area contributed by atoms with Gasteiger partial charge in [-0.15, -0.1) is 0 Å². The number of nitrogens with one attached hydrogen (secondary N) is 2. The summed E-state index contributed by atoms with van der Waals surface area (Å²) in [6.07, 6.45) is 10.6. The summed E-state index contributed by atoms with van der Waals surface area (Å²) in [5.41, 5.74) is 1.37. The zero-order valence-corrected chi connectivity index (χ0v) is 18.7. The van der Waals surface area contributed by atoms with E-state index in [1.165, 1.54) is 40.9 Å². The van der Waals surface area contributed by atoms with Crippen LogP contribution in [0.4, 0.5) is 0 Å². The predicted molar refractivity (Wildman–Crippen MR) is 114 cm³/mol. The van der Waals surface area contributed by atoms with Crippen LogP contribution < -0.4 is 10.6 Å². The van der Waals surface area contributed by atoms with Crippen molar-refractivity contribution in [1.82, 2.24) is 10.6 Å². The molecule has 1 atom stereocenters. The van der Waals surface area contributed by atoms with Gasteiger partial charge >= 0.3 is 11.9 Å². The Morgan fingerprint density at radius 3 is 1.90 bits per heavy atom. The van der Waals surface area contributed by atoms with Crippen molar-refractivity contribution >= 4 is 23.8 Å². The highest BCUT2D eigenvalue weighted by molar-refractivity contribution is 5.93. The summed E-state index contributed by atoms with van der Waals surface area (Å²) in [7, 11) is 2.69. The monoisotopic (exact) mass is 426 g/mol. The fourth-order valence-electron chi connectivity index (χ4n) is 3.97. The van der Waals surface area contributed by atoms with Crippen LogP contribution >= 0.6 is 0 Å². The van der Waals surface area contributed by atoms with Crippen LogP contribution in [-0.4, -0.2) is 44.0 Å². The molecule has 2 N–H and O–H groups in total. The van der Waals surface area contributed by atoms with Gasteiger partial charge in [0.2, 0.25) is 11.8 Å². The highest BCUT2D eigenvalue weighted by Gasteiger charge is 2.30. The topological polar surface area (TPSA) is 111 Å². The van der Waals surface area contributed by atoms with Gasteiger partial charge in [0.05, 0.1) is 14.2 Å². The van der Waals surface area contributed by atoms with E-state index in [1.807, 2.05) is 0 Å². The minimum Gasteiger partial charge on any atom is -0.467 e. The Balaban J connectivity index is 0.000000562. The number of amides is 2. The number of carbonyl (C=O) groups is 4. The van der Waals surface area contributed by atoms with E-state index in [9.17, 15) is 19.2 Å². The fourth-order valence-corrected chi connectivity index (χ4v) is 3.97. The van der Waals surface area contributed by atoms with Crippen LogP contribution in [-0.2, 0) is 28.7 Å². The standard InChI is InChI=1S/C11H19NO3.C11H17NO3.H2/c2*1-8(13)12-10(11(14)15-2)9-6-4-3-5-7-9;/h9-10H,3-7H2,1-2H3,(H,12,13);3-7H2,1-2H3,(H,12,13);1H. The molecule has 0 spiro atoms. The average molecular weight is 427 g/mol. The third-order valence-electron chi connectivity index (χ3n) is 5.44. The predicted octanol–water partition coefficient (Wildman–Crippen LogP) is 3.00. The third-order valence-corrected chi connectivity index (χ3v) is 5.44. The van der Waals surface area contributed by atoms with E-state index in [1.54, 1.807) is 0 Å². The van der Waals surface area contributed by atoms with Gasteiger partial charge in [0.15, 0.2) is 0 Å². The summed E-state index contributed by atoms with van der Waals surface area (Å²) in [4.78, 5) is 44.9. The molecule has 2 aliphatic carbocycles. The number of methoxy groups -OCH3 is 2. The second-order valence-corrected chi connectivity index (χ2v) is 7.81. The van der Waals surface area contributed by atoms with Gasteiger partial charge in [-0.3, -0.25) is 9.59 Å². The maximum Gasteiger partial charge on any atom is 0.354 e. The molecule has 0 saturated heterocycles. The van der Waals surface area contributed by atoms with Crippen LogP contribution in [0.15, 0.2) is 11.3 Å². The van der Waals surface area contributed by atoms with Crippen molar-refractivity contribution in [3.8, 4) is 0 Å². The van der Waals surface area contributed by atoms with Gasteiger partial charge in [0.1, 0.15) is 11.7 Å². The summed E-state index contributed by atoms with van der Waals surface area (Å²) in [5.74, 6) is -0.918. The highest BCUT2D eigenvalue weighted by atomic mass is 16.5. The van der Waals surface area contributed by atoms with Gasteiger partial charge in [0.25, 0.3) is 0 Å². The van der Waals surface area contributed by atoms with Crippen molar-refractivity contribution in [3.63, 3.8) is 0 Å². The van der Waals surface area contributed by atoms with Crippen molar-refractivity contribution in [3.05, 3.63) is 11.3 Å². The normalized spacial score (nSPS) is 17.5. The molecule has 0 heterocycles. The Kier molecular flexibility index (Phi) is 11.8. The van der Waals surface area contributed by atoms with Gasteiger partial charge in [-0.25, -0.2) is 9.59 Å². The van der Waals surface area contributed by atoms with E-state index in [-0.39, 0.29) is 25.1 Å². The van der Waals surface area contributed by atoms with Gasteiger partial charge in [-0.1, -0.05) is 25.7 Å². The van der Waals surface area contributed by atoms with Gasteiger partial charge in [0, 0.05) is 15.3 Å². The van der Waals surface area contributed by atoms with Crippen molar-refractivity contribution in [1.29, 1.82) is 0 Å². The molecule has 0 aromatic rings. The zero-order chi connectivity index (χ0) is 22.5. The zero-order valence-electron chi connectivity index (χ0n) is 18.7. The van der Waals surface area contributed by atoms with Crippen molar-refractivity contribution in [2.75, 3.05) is 14.2 Å². The van der Waals surface area contributed by atoms with Crippen molar-refractivity contribution in [2.45, 2.75) is 84.1 Å². The van der Waals surface area contributed by atoms with Gasteiger partial charge in [-0.2, -0.15) is 0 Å². The first-order valence-corrected chi connectivity index (χ1v) is 10.7. The molecule has 2 rings (SSSR count). The molecule has 2 amide bonds. The molecule has 0 aliphatic heterocycles. The van der Waals surface area contributed by atoms with Crippen molar-refractivity contribution < 1.29 is 30.1 Å². The summed E-state index contributed by atoms with van der Waals surface area (Å²) in [6, 6.07) is -0.451. The molecule has 8 heteroatoms. The second-order valence-electron chi connectivity index (χ2n) is 7.81. The molecule has 0 aromatic carbocycles. The SMILES string of the molecule is COC(=O)C(NC(C)=O)=C1CCCCC1.COC(=O)C(NC(C)=O)C1CCCCC1.[HH]. The lowest BCUT2D eigenvalue weighted by Crippen LogP contribution is -2.46. The van der Waals surface area contributed by atoms with E-state index in [0.717, 1.165) is 56.9 Å². The lowest BCUT2D eigenvalue weighted by Gasteiger charge is -2.28. The van der Waals surface area contributed by atoms with Crippen LogP contribution in [0, 0.1) is 5.92 Å². The summed E-state index contributed by atoms with van der Waals surface area (Å²) < 4.78 is 9.37. The van der Waals surface area contributed by atoms with E-state index < -0.39 is 12.0 Å². The van der Waals surface area contributed by atoms with E-state index in [4.69, 9.17) is 4.74 Å².